The van der Waals surface area contributed by atoms with Gasteiger partial charge in [-0.15, -0.1) is 6.58 Å². The Morgan fingerprint density at radius 2 is 2.07 bits per heavy atom. The predicted molar refractivity (Wildman–Crippen MR) is 57.5 cm³/mol. The molecule has 0 aromatic heterocycles. The molecule has 3 N–H and O–H groups in total. The van der Waals surface area contributed by atoms with Gasteiger partial charge in [0.25, 0.3) is 0 Å². The van der Waals surface area contributed by atoms with Crippen LogP contribution in [0, 0.1) is 0 Å². The summed E-state index contributed by atoms with van der Waals surface area (Å²) in [7, 11) is 0. The Morgan fingerprint density at radius 3 is 2.47 bits per heavy atom. The van der Waals surface area contributed by atoms with E-state index in [2.05, 4.69) is 17.2 Å². The van der Waals surface area contributed by atoms with E-state index in [0.29, 0.717) is 0 Å². The lowest BCUT2D eigenvalue weighted by molar-refractivity contribution is -0.141. The minimum Gasteiger partial charge on any atom is -0.480 e. The molecular formula is C10H18N2O3. The van der Waals surface area contributed by atoms with Crippen LogP contribution in [0.25, 0.3) is 0 Å². The number of hydrogen-bond donors (Lipinski definition) is 3. The SMILES string of the molecule is C=CCC(NC(=O)CNC(C)C)C(=O)O. The van der Waals surface area contributed by atoms with Crippen molar-refractivity contribution in [3.63, 3.8) is 0 Å². The summed E-state index contributed by atoms with van der Waals surface area (Å²) in [5, 5.41) is 14.0. The minimum atomic E-state index is -1.05. The topological polar surface area (TPSA) is 78.4 Å². The maximum Gasteiger partial charge on any atom is 0.326 e. The molecule has 15 heavy (non-hydrogen) atoms. The van der Waals surface area contributed by atoms with Crippen LogP contribution in [0.4, 0.5) is 0 Å². The number of carbonyl (C=O) groups is 2. The molecule has 0 saturated carbocycles. The molecule has 0 aromatic rings. The summed E-state index contributed by atoms with van der Waals surface area (Å²) in [6.45, 7) is 7.37. The number of hydrogen-bond acceptors (Lipinski definition) is 3. The molecule has 5 nitrogen and oxygen atoms in total. The van der Waals surface area contributed by atoms with E-state index in [4.69, 9.17) is 5.11 Å². The summed E-state index contributed by atoms with van der Waals surface area (Å²) in [5.74, 6) is -1.37. The van der Waals surface area contributed by atoms with Crippen LogP contribution >= 0.6 is 0 Å². The molecule has 1 atom stereocenters. The molecule has 1 amide bonds. The first-order chi connectivity index (χ1) is 6.97. The van der Waals surface area contributed by atoms with Crippen LogP contribution in [0.1, 0.15) is 20.3 Å². The van der Waals surface area contributed by atoms with Crippen molar-refractivity contribution in [3.8, 4) is 0 Å². The molecule has 0 rings (SSSR count). The van der Waals surface area contributed by atoms with Crippen LogP contribution in [0.2, 0.25) is 0 Å². The van der Waals surface area contributed by atoms with Gasteiger partial charge in [0.05, 0.1) is 6.54 Å². The van der Waals surface area contributed by atoms with E-state index < -0.39 is 12.0 Å². The highest BCUT2D eigenvalue weighted by molar-refractivity contribution is 5.84. The largest absolute Gasteiger partial charge is 0.480 e. The monoisotopic (exact) mass is 214 g/mol. The molecule has 1 unspecified atom stereocenters. The van der Waals surface area contributed by atoms with Gasteiger partial charge in [-0.3, -0.25) is 4.79 Å². The Kier molecular flexibility index (Phi) is 6.37. The quantitative estimate of drug-likeness (QED) is 0.526. The maximum atomic E-state index is 11.3. The predicted octanol–water partition coefficient (Wildman–Crippen LogP) is 0.130. The van der Waals surface area contributed by atoms with E-state index in [-0.39, 0.29) is 24.9 Å². The fourth-order valence-corrected chi connectivity index (χ4v) is 0.930. The lowest BCUT2D eigenvalue weighted by atomic mass is 10.2. The van der Waals surface area contributed by atoms with E-state index in [1.165, 1.54) is 6.08 Å². The van der Waals surface area contributed by atoms with Gasteiger partial charge >= 0.3 is 5.97 Å². The fraction of sp³-hybridized carbons (Fsp3) is 0.600. The Balaban J connectivity index is 3.99. The smallest absolute Gasteiger partial charge is 0.326 e. The zero-order chi connectivity index (χ0) is 11.8. The number of aliphatic carboxylic acids is 1. The van der Waals surface area contributed by atoms with Crippen molar-refractivity contribution in [2.24, 2.45) is 0 Å². The van der Waals surface area contributed by atoms with E-state index in [0.717, 1.165) is 0 Å². The van der Waals surface area contributed by atoms with Gasteiger partial charge < -0.3 is 15.7 Å². The van der Waals surface area contributed by atoms with Crippen LogP contribution in [0.3, 0.4) is 0 Å². The molecule has 86 valence electrons. The maximum absolute atomic E-state index is 11.3. The van der Waals surface area contributed by atoms with Crippen molar-refractivity contribution in [2.75, 3.05) is 6.54 Å². The molecule has 0 heterocycles. The lowest BCUT2D eigenvalue weighted by Gasteiger charge is -2.13. The molecule has 0 aromatic carbocycles. The van der Waals surface area contributed by atoms with Gasteiger partial charge in [0.15, 0.2) is 0 Å². The first kappa shape index (κ1) is 13.6. The van der Waals surface area contributed by atoms with E-state index >= 15 is 0 Å². The summed E-state index contributed by atoms with van der Waals surface area (Å²) in [5.41, 5.74) is 0. The lowest BCUT2D eigenvalue weighted by Crippen LogP contribution is -2.45. The van der Waals surface area contributed by atoms with Crippen molar-refractivity contribution in [1.29, 1.82) is 0 Å². The fourth-order valence-electron chi connectivity index (χ4n) is 0.930. The van der Waals surface area contributed by atoms with Crippen LogP contribution in [-0.4, -0.2) is 35.6 Å². The highest BCUT2D eigenvalue weighted by atomic mass is 16.4. The van der Waals surface area contributed by atoms with E-state index in [1.807, 2.05) is 13.8 Å². The number of rotatable bonds is 7. The summed E-state index contributed by atoms with van der Waals surface area (Å²) in [4.78, 5) is 21.9. The van der Waals surface area contributed by atoms with Crippen molar-refractivity contribution < 1.29 is 14.7 Å². The summed E-state index contributed by atoms with van der Waals surface area (Å²) >= 11 is 0. The molecule has 5 heteroatoms. The Bertz CT molecular complexity index is 239. The Hall–Kier alpha value is -1.36. The van der Waals surface area contributed by atoms with Crippen LogP contribution in [-0.2, 0) is 9.59 Å². The molecule has 0 aliphatic rings. The van der Waals surface area contributed by atoms with Crippen molar-refractivity contribution >= 4 is 11.9 Å². The molecule has 0 radical (unpaired) electrons. The number of carboxylic acids is 1. The summed E-state index contributed by atoms with van der Waals surface area (Å²) in [6, 6.07) is -0.692. The average molecular weight is 214 g/mol. The zero-order valence-corrected chi connectivity index (χ0v) is 9.12. The average Bonchev–Trinajstić information content (AvgIpc) is 2.14. The van der Waals surface area contributed by atoms with Gasteiger partial charge in [-0.2, -0.15) is 0 Å². The van der Waals surface area contributed by atoms with E-state index in [9.17, 15) is 9.59 Å². The zero-order valence-electron chi connectivity index (χ0n) is 9.12. The van der Waals surface area contributed by atoms with Crippen LogP contribution in [0.15, 0.2) is 12.7 Å². The second-order valence-corrected chi connectivity index (χ2v) is 3.52. The second kappa shape index (κ2) is 7.00. The third-order valence-electron chi connectivity index (χ3n) is 1.71. The van der Waals surface area contributed by atoms with Crippen molar-refractivity contribution in [1.82, 2.24) is 10.6 Å². The minimum absolute atomic E-state index is 0.124. The van der Waals surface area contributed by atoms with E-state index in [1.54, 1.807) is 0 Å². The normalized spacial score (nSPS) is 12.2. The number of nitrogens with one attached hydrogen (secondary N) is 2. The van der Waals surface area contributed by atoms with Crippen LogP contribution in [0.5, 0.6) is 0 Å². The summed E-state index contributed by atoms with van der Waals surface area (Å²) < 4.78 is 0. The first-order valence-electron chi connectivity index (χ1n) is 4.83. The van der Waals surface area contributed by atoms with Gasteiger partial charge in [-0.05, 0) is 6.42 Å². The Labute approximate surface area is 89.6 Å². The van der Waals surface area contributed by atoms with Gasteiger partial charge in [-0.1, -0.05) is 19.9 Å². The third-order valence-corrected chi connectivity index (χ3v) is 1.71. The Morgan fingerprint density at radius 1 is 1.47 bits per heavy atom. The van der Waals surface area contributed by atoms with Crippen LogP contribution < -0.4 is 10.6 Å². The van der Waals surface area contributed by atoms with Crippen molar-refractivity contribution in [2.45, 2.75) is 32.4 Å². The molecule has 0 bridgehead atoms. The van der Waals surface area contributed by atoms with Gasteiger partial charge in [0.2, 0.25) is 5.91 Å². The molecular weight excluding hydrogens is 196 g/mol. The number of carboxylic acid groups (broad SMARTS) is 1. The molecule has 0 spiro atoms. The highest BCUT2D eigenvalue weighted by Gasteiger charge is 2.17. The van der Waals surface area contributed by atoms with Gasteiger partial charge in [-0.25, -0.2) is 4.79 Å². The molecule has 0 saturated heterocycles. The van der Waals surface area contributed by atoms with Gasteiger partial charge in [0, 0.05) is 6.04 Å². The third kappa shape index (κ3) is 6.68. The molecule has 0 fully saturated rings. The standard InChI is InChI=1S/C10H18N2O3/c1-4-5-8(10(14)15)12-9(13)6-11-7(2)3/h4,7-8,11H,1,5-6H2,2-3H3,(H,12,13)(H,14,15). The van der Waals surface area contributed by atoms with Crippen molar-refractivity contribution in [3.05, 3.63) is 12.7 Å². The number of amides is 1. The second-order valence-electron chi connectivity index (χ2n) is 3.52. The highest BCUT2D eigenvalue weighted by Crippen LogP contribution is 1.92. The van der Waals surface area contributed by atoms with Gasteiger partial charge in [0.1, 0.15) is 6.04 Å². The first-order valence-corrected chi connectivity index (χ1v) is 4.83. The summed E-state index contributed by atoms with van der Waals surface area (Å²) in [6.07, 6.45) is 1.69. The molecule has 0 aliphatic carbocycles. The molecule has 0 aliphatic heterocycles. The number of carbonyl (C=O) groups excluding carboxylic acids is 1.